The molecule has 0 unspecified atom stereocenters. The second kappa shape index (κ2) is 7.33. The fourth-order valence-corrected chi connectivity index (χ4v) is 2.89. The van der Waals surface area contributed by atoms with Crippen molar-refractivity contribution in [3.8, 4) is 17.1 Å². The molecule has 3 aromatic carbocycles. The molecule has 1 aromatic heterocycles. The van der Waals surface area contributed by atoms with E-state index in [0.29, 0.717) is 17.0 Å². The van der Waals surface area contributed by atoms with Gasteiger partial charge in [-0.3, -0.25) is 0 Å². The van der Waals surface area contributed by atoms with Gasteiger partial charge in [0.05, 0.1) is 12.7 Å². The van der Waals surface area contributed by atoms with E-state index < -0.39 is 0 Å². The minimum absolute atomic E-state index is 0.0434. The monoisotopic (exact) mass is 359 g/mol. The Balaban J connectivity index is 1.47. The van der Waals surface area contributed by atoms with Crippen molar-refractivity contribution < 1.29 is 18.8 Å². The van der Waals surface area contributed by atoms with Crippen LogP contribution in [0.1, 0.15) is 16.1 Å². The maximum absolute atomic E-state index is 12.5. The van der Waals surface area contributed by atoms with Crippen molar-refractivity contribution in [2.24, 2.45) is 0 Å². The number of methoxy groups -OCH3 is 1. The van der Waals surface area contributed by atoms with Crippen LogP contribution in [0.2, 0.25) is 0 Å². The van der Waals surface area contributed by atoms with E-state index in [1.54, 1.807) is 19.2 Å². The van der Waals surface area contributed by atoms with E-state index in [1.165, 1.54) is 0 Å². The van der Waals surface area contributed by atoms with Gasteiger partial charge in [0.2, 0.25) is 0 Å². The number of aromatic nitrogens is 1. The summed E-state index contributed by atoms with van der Waals surface area (Å²) in [7, 11) is 1.62. The SMILES string of the molecule is COc1ccc(-c2cc(COC(=O)c3cccc4ccccc34)no2)cc1. The summed E-state index contributed by atoms with van der Waals surface area (Å²) in [5.74, 6) is 0.983. The van der Waals surface area contributed by atoms with Gasteiger partial charge in [-0.15, -0.1) is 0 Å². The van der Waals surface area contributed by atoms with Crippen molar-refractivity contribution in [1.29, 1.82) is 0 Å². The van der Waals surface area contributed by atoms with Crippen LogP contribution in [0.25, 0.3) is 22.1 Å². The molecule has 134 valence electrons. The van der Waals surface area contributed by atoms with Gasteiger partial charge in [0, 0.05) is 11.6 Å². The van der Waals surface area contributed by atoms with Gasteiger partial charge in [0.1, 0.15) is 18.1 Å². The van der Waals surface area contributed by atoms with Gasteiger partial charge in [-0.2, -0.15) is 0 Å². The second-order valence-electron chi connectivity index (χ2n) is 6.01. The number of rotatable bonds is 5. The smallest absolute Gasteiger partial charge is 0.339 e. The molecule has 1 heterocycles. The predicted molar refractivity (Wildman–Crippen MR) is 102 cm³/mol. The summed E-state index contributed by atoms with van der Waals surface area (Å²) in [6.07, 6.45) is 0. The lowest BCUT2D eigenvalue weighted by molar-refractivity contribution is 0.0466. The maximum atomic E-state index is 12.5. The van der Waals surface area contributed by atoms with E-state index in [9.17, 15) is 4.79 Å². The highest BCUT2D eigenvalue weighted by Gasteiger charge is 2.13. The lowest BCUT2D eigenvalue weighted by atomic mass is 10.1. The van der Waals surface area contributed by atoms with Crippen molar-refractivity contribution >= 4 is 16.7 Å². The number of hydrogen-bond acceptors (Lipinski definition) is 5. The Morgan fingerprint density at radius 3 is 2.59 bits per heavy atom. The first-order chi connectivity index (χ1) is 13.2. The molecule has 0 amide bonds. The fraction of sp³-hybridized carbons (Fsp3) is 0.0909. The van der Waals surface area contributed by atoms with Crippen molar-refractivity contribution in [2.45, 2.75) is 6.61 Å². The summed E-state index contributed by atoms with van der Waals surface area (Å²) in [6, 6.07) is 22.5. The minimum atomic E-state index is -0.388. The van der Waals surface area contributed by atoms with Crippen LogP contribution in [-0.4, -0.2) is 18.2 Å². The molecule has 4 rings (SSSR count). The molecular formula is C22H17NO4. The molecule has 0 N–H and O–H groups in total. The van der Waals surface area contributed by atoms with Crippen molar-refractivity contribution in [2.75, 3.05) is 7.11 Å². The Bertz CT molecular complexity index is 1080. The molecule has 27 heavy (non-hydrogen) atoms. The predicted octanol–water partition coefficient (Wildman–Crippen LogP) is 4.86. The molecule has 5 nitrogen and oxygen atoms in total. The quantitative estimate of drug-likeness (QED) is 0.476. The number of nitrogens with zero attached hydrogens (tertiary/aromatic N) is 1. The summed E-state index contributed by atoms with van der Waals surface area (Å²) in [6.45, 7) is 0.0434. The highest BCUT2D eigenvalue weighted by molar-refractivity contribution is 6.04. The zero-order valence-electron chi connectivity index (χ0n) is 14.7. The van der Waals surface area contributed by atoms with Crippen LogP contribution in [0.4, 0.5) is 0 Å². The van der Waals surface area contributed by atoms with Gasteiger partial charge in [-0.1, -0.05) is 41.6 Å². The van der Waals surface area contributed by atoms with Crippen LogP contribution in [0.15, 0.2) is 77.3 Å². The van der Waals surface area contributed by atoms with Crippen LogP contribution in [0.3, 0.4) is 0 Å². The first kappa shape index (κ1) is 16.8. The molecule has 0 saturated carbocycles. The summed E-state index contributed by atoms with van der Waals surface area (Å²) >= 11 is 0. The van der Waals surface area contributed by atoms with E-state index in [1.807, 2.05) is 60.7 Å². The number of esters is 1. The lowest BCUT2D eigenvalue weighted by Gasteiger charge is -2.06. The average Bonchev–Trinajstić information content (AvgIpc) is 3.20. The normalized spacial score (nSPS) is 10.7. The van der Waals surface area contributed by atoms with Gasteiger partial charge in [-0.05, 0) is 41.1 Å². The molecule has 0 fully saturated rings. The third-order valence-electron chi connectivity index (χ3n) is 4.29. The van der Waals surface area contributed by atoms with Crippen molar-refractivity contribution in [3.63, 3.8) is 0 Å². The van der Waals surface area contributed by atoms with Crippen LogP contribution in [0, 0.1) is 0 Å². The Morgan fingerprint density at radius 2 is 1.78 bits per heavy atom. The summed E-state index contributed by atoms with van der Waals surface area (Å²) in [5, 5.41) is 5.84. The third kappa shape index (κ3) is 3.53. The van der Waals surface area contributed by atoms with E-state index in [0.717, 1.165) is 22.1 Å². The molecule has 0 atom stereocenters. The zero-order valence-corrected chi connectivity index (χ0v) is 14.7. The number of hydrogen-bond donors (Lipinski definition) is 0. The van der Waals surface area contributed by atoms with E-state index in [2.05, 4.69) is 5.16 Å². The topological polar surface area (TPSA) is 61.6 Å². The van der Waals surface area contributed by atoms with Crippen LogP contribution in [-0.2, 0) is 11.3 Å². The number of carbonyl (C=O) groups excluding carboxylic acids is 1. The molecule has 0 bridgehead atoms. The van der Waals surface area contributed by atoms with Crippen molar-refractivity contribution in [3.05, 3.63) is 84.1 Å². The van der Waals surface area contributed by atoms with Crippen LogP contribution in [0.5, 0.6) is 5.75 Å². The molecule has 0 aliphatic carbocycles. The molecule has 0 aliphatic rings. The summed E-state index contributed by atoms with van der Waals surface area (Å²) in [4.78, 5) is 12.5. The summed E-state index contributed by atoms with van der Waals surface area (Å²) in [5.41, 5.74) is 1.95. The summed E-state index contributed by atoms with van der Waals surface area (Å²) < 4.78 is 15.9. The average molecular weight is 359 g/mol. The largest absolute Gasteiger partial charge is 0.497 e. The van der Waals surface area contributed by atoms with Gasteiger partial charge in [0.15, 0.2) is 5.76 Å². The fourth-order valence-electron chi connectivity index (χ4n) is 2.89. The van der Waals surface area contributed by atoms with E-state index in [4.69, 9.17) is 14.0 Å². The van der Waals surface area contributed by atoms with Crippen molar-refractivity contribution in [1.82, 2.24) is 5.16 Å². The minimum Gasteiger partial charge on any atom is -0.497 e. The lowest BCUT2D eigenvalue weighted by Crippen LogP contribution is -2.06. The van der Waals surface area contributed by atoms with Gasteiger partial charge in [0.25, 0.3) is 0 Å². The number of benzene rings is 3. The zero-order chi connectivity index (χ0) is 18.6. The molecule has 0 saturated heterocycles. The Hall–Kier alpha value is -3.60. The molecule has 4 aromatic rings. The van der Waals surface area contributed by atoms with Gasteiger partial charge in [-0.25, -0.2) is 4.79 Å². The molecular weight excluding hydrogens is 342 g/mol. The highest BCUT2D eigenvalue weighted by Crippen LogP contribution is 2.24. The standard InChI is InChI=1S/C22H17NO4/c1-25-18-11-9-16(10-12-18)21-13-17(23-27-21)14-26-22(24)20-8-4-6-15-5-2-3-7-19(15)20/h2-13H,14H2,1H3. The molecule has 0 radical (unpaired) electrons. The number of fused-ring (bicyclic) bond motifs is 1. The highest BCUT2D eigenvalue weighted by atomic mass is 16.5. The maximum Gasteiger partial charge on any atom is 0.339 e. The van der Waals surface area contributed by atoms with Crippen LogP contribution < -0.4 is 4.74 Å². The molecule has 5 heteroatoms. The Kier molecular flexibility index (Phi) is 4.58. The third-order valence-corrected chi connectivity index (χ3v) is 4.29. The molecule has 0 spiro atoms. The van der Waals surface area contributed by atoms with E-state index >= 15 is 0 Å². The molecule has 0 aliphatic heterocycles. The van der Waals surface area contributed by atoms with Crippen LogP contribution >= 0.6 is 0 Å². The number of ether oxygens (including phenoxy) is 2. The van der Waals surface area contributed by atoms with Gasteiger partial charge >= 0.3 is 5.97 Å². The Labute approximate surface area is 156 Å². The first-order valence-electron chi connectivity index (χ1n) is 8.49. The van der Waals surface area contributed by atoms with Gasteiger partial charge < -0.3 is 14.0 Å². The second-order valence-corrected chi connectivity index (χ2v) is 6.01. The number of carbonyl (C=O) groups is 1. The Morgan fingerprint density at radius 1 is 1.00 bits per heavy atom. The van der Waals surface area contributed by atoms with E-state index in [-0.39, 0.29) is 12.6 Å². The first-order valence-corrected chi connectivity index (χ1v) is 8.49.